The molecule has 136 valence electrons. The van der Waals surface area contributed by atoms with E-state index in [1.165, 1.54) is 17.0 Å². The van der Waals surface area contributed by atoms with Gasteiger partial charge in [-0.2, -0.15) is 0 Å². The molecule has 3 rings (SSSR count). The van der Waals surface area contributed by atoms with Gasteiger partial charge in [-0.15, -0.1) is 0 Å². The van der Waals surface area contributed by atoms with Gasteiger partial charge in [0.25, 0.3) is 15.9 Å². The van der Waals surface area contributed by atoms with Gasteiger partial charge in [-0.05, 0) is 30.7 Å². The predicted octanol–water partition coefficient (Wildman–Crippen LogP) is 2.36. The number of amides is 2. The minimum absolute atomic E-state index is 0.0339. The maximum atomic E-state index is 13.2. The molecule has 1 heterocycles. The van der Waals surface area contributed by atoms with Crippen LogP contribution in [-0.4, -0.2) is 43.5 Å². The van der Waals surface area contributed by atoms with Gasteiger partial charge < -0.3 is 4.90 Å². The van der Waals surface area contributed by atoms with Gasteiger partial charge in [-0.1, -0.05) is 35.9 Å². The standard InChI is InChI=1S/C19H20N2O4S/c1-13-8-10-14(11-9-13)26(24,25)21-17(12-18(22)20(2)3)15-6-4-5-7-16(15)19(21)23/h4-11,17H,12H2,1-3H3. The highest BCUT2D eigenvalue weighted by Gasteiger charge is 2.45. The number of fused-ring (bicyclic) bond motifs is 1. The van der Waals surface area contributed by atoms with Crippen molar-refractivity contribution in [3.63, 3.8) is 0 Å². The van der Waals surface area contributed by atoms with Gasteiger partial charge in [0.15, 0.2) is 0 Å². The Hall–Kier alpha value is -2.67. The van der Waals surface area contributed by atoms with Crippen LogP contribution in [0.2, 0.25) is 0 Å². The van der Waals surface area contributed by atoms with Crippen LogP contribution in [0.3, 0.4) is 0 Å². The van der Waals surface area contributed by atoms with Gasteiger partial charge in [0.1, 0.15) is 0 Å². The van der Waals surface area contributed by atoms with E-state index >= 15 is 0 Å². The molecule has 0 saturated carbocycles. The van der Waals surface area contributed by atoms with Gasteiger partial charge in [-0.3, -0.25) is 9.59 Å². The number of hydrogen-bond acceptors (Lipinski definition) is 4. The van der Waals surface area contributed by atoms with Crippen LogP contribution in [0.1, 0.15) is 33.9 Å². The van der Waals surface area contributed by atoms with E-state index in [-0.39, 0.29) is 17.2 Å². The molecule has 2 aromatic carbocycles. The van der Waals surface area contributed by atoms with Crippen LogP contribution >= 0.6 is 0 Å². The summed E-state index contributed by atoms with van der Waals surface area (Å²) >= 11 is 0. The van der Waals surface area contributed by atoms with E-state index in [4.69, 9.17) is 0 Å². The third-order valence-electron chi connectivity index (χ3n) is 4.48. The van der Waals surface area contributed by atoms with Gasteiger partial charge in [0, 0.05) is 19.7 Å². The fourth-order valence-electron chi connectivity index (χ4n) is 3.01. The second-order valence-corrected chi connectivity index (χ2v) is 8.33. The number of rotatable bonds is 4. The maximum Gasteiger partial charge on any atom is 0.268 e. The Kier molecular flexibility index (Phi) is 4.58. The minimum atomic E-state index is -4.08. The average molecular weight is 372 g/mol. The molecule has 6 nitrogen and oxygen atoms in total. The molecule has 2 aromatic rings. The number of benzene rings is 2. The molecule has 0 aliphatic carbocycles. The fourth-order valence-corrected chi connectivity index (χ4v) is 4.56. The number of carbonyl (C=O) groups excluding carboxylic acids is 2. The molecule has 0 fully saturated rings. The van der Waals surface area contributed by atoms with E-state index in [1.54, 1.807) is 50.5 Å². The van der Waals surface area contributed by atoms with Gasteiger partial charge >= 0.3 is 0 Å². The van der Waals surface area contributed by atoms with E-state index < -0.39 is 22.0 Å². The van der Waals surface area contributed by atoms with E-state index in [2.05, 4.69) is 0 Å². The van der Waals surface area contributed by atoms with Crippen molar-refractivity contribution in [2.75, 3.05) is 14.1 Å². The molecule has 1 aliphatic rings. The molecule has 0 saturated heterocycles. The number of carbonyl (C=O) groups is 2. The van der Waals surface area contributed by atoms with Crippen LogP contribution in [0.4, 0.5) is 0 Å². The summed E-state index contributed by atoms with van der Waals surface area (Å²) < 4.78 is 27.2. The zero-order valence-corrected chi connectivity index (χ0v) is 15.7. The molecule has 0 N–H and O–H groups in total. The molecule has 0 bridgehead atoms. The number of nitrogens with zero attached hydrogens (tertiary/aromatic N) is 2. The summed E-state index contributed by atoms with van der Waals surface area (Å²) in [4.78, 5) is 26.6. The first-order valence-electron chi connectivity index (χ1n) is 8.18. The summed E-state index contributed by atoms with van der Waals surface area (Å²) in [5.41, 5.74) is 1.79. The largest absolute Gasteiger partial charge is 0.349 e. The maximum absolute atomic E-state index is 13.2. The van der Waals surface area contributed by atoms with Gasteiger partial charge in [0.2, 0.25) is 5.91 Å². The first kappa shape index (κ1) is 18.1. The van der Waals surface area contributed by atoms with Gasteiger partial charge in [0.05, 0.1) is 17.4 Å². The molecule has 0 spiro atoms. The van der Waals surface area contributed by atoms with E-state index in [0.717, 1.165) is 9.87 Å². The first-order chi connectivity index (χ1) is 12.2. The van der Waals surface area contributed by atoms with Crippen LogP contribution in [-0.2, 0) is 14.8 Å². The Bertz CT molecular complexity index is 965. The van der Waals surface area contributed by atoms with Crippen LogP contribution < -0.4 is 0 Å². The molecule has 1 aliphatic heterocycles. The summed E-state index contributed by atoms with van der Waals surface area (Å²) in [6, 6.07) is 12.2. The van der Waals surface area contributed by atoms with Crippen LogP contribution in [0, 0.1) is 6.92 Å². The highest BCUT2D eigenvalue weighted by atomic mass is 32.2. The third kappa shape index (κ3) is 2.99. The van der Waals surface area contributed by atoms with E-state index in [1.807, 2.05) is 6.92 Å². The number of hydrogen-bond donors (Lipinski definition) is 0. The fraction of sp³-hybridized carbons (Fsp3) is 0.263. The highest BCUT2D eigenvalue weighted by Crippen LogP contribution is 2.40. The summed E-state index contributed by atoms with van der Waals surface area (Å²) in [6.07, 6.45) is -0.0964. The number of sulfonamides is 1. The van der Waals surface area contributed by atoms with Crippen molar-refractivity contribution in [3.8, 4) is 0 Å². The lowest BCUT2D eigenvalue weighted by atomic mass is 10.0. The number of aryl methyl sites for hydroxylation is 1. The molecular weight excluding hydrogens is 352 g/mol. The monoisotopic (exact) mass is 372 g/mol. The van der Waals surface area contributed by atoms with E-state index in [9.17, 15) is 18.0 Å². The molecule has 1 atom stereocenters. The molecule has 0 aromatic heterocycles. The van der Waals surface area contributed by atoms with Crippen molar-refractivity contribution in [2.45, 2.75) is 24.3 Å². The van der Waals surface area contributed by atoms with Gasteiger partial charge in [-0.25, -0.2) is 12.7 Å². The zero-order chi connectivity index (χ0) is 19.1. The Morgan fingerprint density at radius 2 is 1.69 bits per heavy atom. The molecule has 1 unspecified atom stereocenters. The van der Waals surface area contributed by atoms with Crippen molar-refractivity contribution in [1.29, 1.82) is 0 Å². The minimum Gasteiger partial charge on any atom is -0.349 e. The lowest BCUT2D eigenvalue weighted by molar-refractivity contribution is -0.129. The summed E-state index contributed by atoms with van der Waals surface area (Å²) in [7, 11) is -0.878. The molecular formula is C19H20N2O4S. The lowest BCUT2D eigenvalue weighted by Gasteiger charge is -2.25. The quantitative estimate of drug-likeness (QED) is 0.826. The SMILES string of the molecule is Cc1ccc(S(=O)(=O)N2C(=O)c3ccccc3C2CC(=O)N(C)C)cc1. The van der Waals surface area contributed by atoms with E-state index in [0.29, 0.717) is 11.1 Å². The summed E-state index contributed by atoms with van der Waals surface area (Å²) in [5, 5.41) is 0. The molecule has 26 heavy (non-hydrogen) atoms. The second-order valence-electron chi connectivity index (χ2n) is 6.51. The van der Waals surface area contributed by atoms with Crippen molar-refractivity contribution < 1.29 is 18.0 Å². The summed E-state index contributed by atoms with van der Waals surface area (Å²) in [5.74, 6) is -0.846. The molecule has 7 heteroatoms. The lowest BCUT2D eigenvalue weighted by Crippen LogP contribution is -2.37. The zero-order valence-electron chi connectivity index (χ0n) is 14.8. The smallest absolute Gasteiger partial charge is 0.268 e. The Labute approximate surface area is 153 Å². The molecule has 0 radical (unpaired) electrons. The normalized spacial score (nSPS) is 16.5. The highest BCUT2D eigenvalue weighted by molar-refractivity contribution is 7.89. The van der Waals surface area contributed by atoms with Crippen molar-refractivity contribution >= 4 is 21.8 Å². The molecule has 2 amide bonds. The van der Waals surface area contributed by atoms with Crippen LogP contribution in [0.5, 0.6) is 0 Å². The first-order valence-corrected chi connectivity index (χ1v) is 9.62. The Balaban J connectivity index is 2.10. The van der Waals surface area contributed by atoms with Crippen molar-refractivity contribution in [2.24, 2.45) is 0 Å². The van der Waals surface area contributed by atoms with Crippen LogP contribution in [0.15, 0.2) is 53.4 Å². The second kappa shape index (κ2) is 6.57. The van der Waals surface area contributed by atoms with Crippen molar-refractivity contribution in [1.82, 2.24) is 9.21 Å². The van der Waals surface area contributed by atoms with Crippen molar-refractivity contribution in [3.05, 3.63) is 65.2 Å². The Morgan fingerprint density at radius 1 is 1.08 bits per heavy atom. The Morgan fingerprint density at radius 3 is 2.31 bits per heavy atom. The van der Waals surface area contributed by atoms with Crippen LogP contribution in [0.25, 0.3) is 0 Å². The average Bonchev–Trinajstić information content (AvgIpc) is 2.88. The third-order valence-corrected chi connectivity index (χ3v) is 6.28. The summed E-state index contributed by atoms with van der Waals surface area (Å²) in [6.45, 7) is 1.85. The topological polar surface area (TPSA) is 74.8 Å². The predicted molar refractivity (Wildman–Crippen MR) is 97.0 cm³/mol.